The molecule has 0 aliphatic carbocycles. The maximum absolute atomic E-state index is 12.9. The average molecular weight is 516 g/mol. The molecule has 13 nitrogen and oxygen atoms in total. The Morgan fingerprint density at radius 2 is 1.87 bits per heavy atom. The van der Waals surface area contributed by atoms with E-state index in [1.54, 1.807) is 36.4 Å². The smallest absolute Gasteiger partial charge is 0.352 e. The highest BCUT2D eigenvalue weighted by Crippen LogP contribution is 2.28. The molecule has 0 spiro atoms. The van der Waals surface area contributed by atoms with Gasteiger partial charge in [0.2, 0.25) is 0 Å². The van der Waals surface area contributed by atoms with Crippen molar-refractivity contribution in [1.82, 2.24) is 20.6 Å². The van der Waals surface area contributed by atoms with Crippen LogP contribution in [-0.2, 0) is 0 Å². The third-order valence-corrected chi connectivity index (χ3v) is 6.24. The van der Waals surface area contributed by atoms with Crippen LogP contribution >= 0.6 is 0 Å². The number of aliphatic imine (C=N–C) groups is 2. The van der Waals surface area contributed by atoms with Gasteiger partial charge in [-0.25, -0.2) is 9.79 Å². The van der Waals surface area contributed by atoms with Gasteiger partial charge >= 0.3 is 5.97 Å². The molecule has 194 valence electrons. The molecule has 11 N–H and O–H groups in total. The highest BCUT2D eigenvalue weighted by Gasteiger charge is 2.23. The van der Waals surface area contributed by atoms with Crippen LogP contribution in [0.15, 0.2) is 52.4 Å². The minimum absolute atomic E-state index is 0.0310. The summed E-state index contributed by atoms with van der Waals surface area (Å²) in [7, 11) is 0. The van der Waals surface area contributed by atoms with Gasteiger partial charge in [0.25, 0.3) is 11.8 Å². The lowest BCUT2D eigenvalue weighted by molar-refractivity contribution is 0.0691. The van der Waals surface area contributed by atoms with E-state index in [4.69, 9.17) is 17.2 Å². The summed E-state index contributed by atoms with van der Waals surface area (Å²) in [6.45, 7) is 1.33. The molecule has 0 saturated carbocycles. The van der Waals surface area contributed by atoms with Gasteiger partial charge in [-0.05, 0) is 35.9 Å². The fraction of sp³-hybridized carbons (Fsp3) is 0.160. The van der Waals surface area contributed by atoms with E-state index < -0.39 is 17.9 Å². The van der Waals surface area contributed by atoms with E-state index in [2.05, 4.69) is 30.6 Å². The molecule has 0 radical (unpaired) electrons. The van der Waals surface area contributed by atoms with Crippen molar-refractivity contribution in [2.45, 2.75) is 6.04 Å². The van der Waals surface area contributed by atoms with Crippen LogP contribution in [0, 0.1) is 0 Å². The molecule has 13 heteroatoms. The lowest BCUT2D eigenvalue weighted by Gasteiger charge is -2.15. The summed E-state index contributed by atoms with van der Waals surface area (Å²) in [5, 5.41) is 16.4. The van der Waals surface area contributed by atoms with Crippen LogP contribution in [0.1, 0.15) is 48.5 Å². The molecule has 4 aromatic rings. The maximum atomic E-state index is 12.9. The number of benzene rings is 2. The molecule has 5 rings (SSSR count). The highest BCUT2D eigenvalue weighted by atomic mass is 16.4. The van der Waals surface area contributed by atoms with Crippen LogP contribution in [0.3, 0.4) is 0 Å². The van der Waals surface area contributed by atoms with Crippen molar-refractivity contribution in [3.8, 4) is 0 Å². The number of hydrogen-bond acceptors (Lipinski definition) is 6. The molecule has 3 heterocycles. The summed E-state index contributed by atoms with van der Waals surface area (Å²) in [5.41, 5.74) is 20.2. The Balaban J connectivity index is 1.41. The number of nitrogens with one attached hydrogen (secondary N) is 4. The largest absolute Gasteiger partial charge is 0.477 e. The van der Waals surface area contributed by atoms with Gasteiger partial charge in [0, 0.05) is 40.5 Å². The second-order valence-electron chi connectivity index (χ2n) is 8.77. The van der Waals surface area contributed by atoms with Gasteiger partial charge in [-0.1, -0.05) is 12.1 Å². The fourth-order valence-corrected chi connectivity index (χ4v) is 4.52. The molecule has 2 aromatic heterocycles. The quantitative estimate of drug-likeness (QED) is 0.122. The number of nitrogens with zero attached hydrogens (tertiary/aromatic N) is 2. The molecule has 2 aromatic carbocycles. The topological polar surface area (TPSA) is 230 Å². The van der Waals surface area contributed by atoms with E-state index in [9.17, 15) is 19.5 Å². The maximum Gasteiger partial charge on any atom is 0.352 e. The van der Waals surface area contributed by atoms with Gasteiger partial charge in [0.15, 0.2) is 5.96 Å². The molecule has 1 aliphatic rings. The van der Waals surface area contributed by atoms with Crippen molar-refractivity contribution in [1.29, 1.82) is 0 Å². The van der Waals surface area contributed by atoms with Crippen molar-refractivity contribution >= 4 is 51.4 Å². The van der Waals surface area contributed by atoms with E-state index in [1.807, 2.05) is 0 Å². The third-order valence-electron chi connectivity index (χ3n) is 6.24. The van der Waals surface area contributed by atoms with Gasteiger partial charge < -0.3 is 42.9 Å². The highest BCUT2D eigenvalue weighted by molar-refractivity contribution is 6.16. The van der Waals surface area contributed by atoms with Crippen molar-refractivity contribution in [2.24, 2.45) is 27.2 Å². The Kier molecular flexibility index (Phi) is 6.16. The number of carbonyl (C=O) groups is 3. The predicted molar refractivity (Wildman–Crippen MR) is 142 cm³/mol. The zero-order valence-corrected chi connectivity index (χ0v) is 20.0. The summed E-state index contributed by atoms with van der Waals surface area (Å²) in [4.78, 5) is 51.0. The number of carbonyl (C=O) groups excluding carboxylic acids is 2. The first-order valence-corrected chi connectivity index (χ1v) is 11.7. The van der Waals surface area contributed by atoms with Crippen molar-refractivity contribution in [3.05, 3.63) is 70.5 Å². The molecule has 1 aliphatic heterocycles. The molecule has 2 amide bonds. The first-order chi connectivity index (χ1) is 18.2. The number of carboxylic acid groups (broad SMARTS) is 1. The molecule has 0 bridgehead atoms. The minimum atomic E-state index is -1.09. The summed E-state index contributed by atoms with van der Waals surface area (Å²) < 4.78 is 0. The number of amides is 2. The van der Waals surface area contributed by atoms with Crippen LogP contribution in [0.2, 0.25) is 0 Å². The summed E-state index contributed by atoms with van der Waals surface area (Å²) in [5.74, 6) is -1.65. The van der Waals surface area contributed by atoms with Crippen LogP contribution in [0.4, 0.5) is 0 Å². The van der Waals surface area contributed by atoms with Crippen molar-refractivity contribution < 1.29 is 19.5 Å². The van der Waals surface area contributed by atoms with Gasteiger partial charge in [0.1, 0.15) is 11.5 Å². The number of carboxylic acids is 1. The van der Waals surface area contributed by atoms with Crippen LogP contribution in [0.5, 0.6) is 0 Å². The first kappa shape index (κ1) is 24.4. The zero-order valence-electron chi connectivity index (χ0n) is 20.0. The SMILES string of the molecule is NC(=O)c1c(C2=NCCN2)[nH]c2cc(C(CNC(=O)c3ccc4[nH]c(C(=O)O)cc4c3)N=C(N)N)ccc12. The number of primary amides is 1. The van der Waals surface area contributed by atoms with Crippen molar-refractivity contribution in [3.63, 3.8) is 0 Å². The Hall–Kier alpha value is -5.33. The van der Waals surface area contributed by atoms with Crippen LogP contribution in [-0.4, -0.2) is 64.3 Å². The third kappa shape index (κ3) is 4.59. The monoisotopic (exact) mass is 515 g/mol. The standard InChI is InChI=1S/C25H25N9O4/c26-21(35)19-14-3-1-11(8-16(14)33-20(19)22-29-5-6-30-22)18(34-25(27)28)10-31-23(36)12-2-4-15-13(7-12)9-17(32-15)24(37)38/h1-4,7-9,18,32-33H,5-6,10H2,(H2,26,35)(H,29,30)(H,31,36)(H,37,38)(H4,27,28,34). The van der Waals surface area contributed by atoms with Gasteiger partial charge in [0.05, 0.1) is 23.8 Å². The number of rotatable bonds is 8. The molecular weight excluding hydrogens is 490 g/mol. The lowest BCUT2D eigenvalue weighted by Crippen LogP contribution is -2.30. The summed E-state index contributed by atoms with van der Waals surface area (Å²) in [6.07, 6.45) is 0. The molecular formula is C25H25N9O4. The number of aromatic amines is 2. The second-order valence-corrected chi connectivity index (χ2v) is 8.77. The lowest BCUT2D eigenvalue weighted by atomic mass is 10.0. The minimum Gasteiger partial charge on any atom is -0.477 e. The van der Waals surface area contributed by atoms with Crippen molar-refractivity contribution in [2.75, 3.05) is 19.6 Å². The fourth-order valence-electron chi connectivity index (χ4n) is 4.52. The Morgan fingerprint density at radius 1 is 1.05 bits per heavy atom. The van der Waals surface area contributed by atoms with E-state index in [-0.39, 0.29) is 24.1 Å². The average Bonchev–Trinajstić information content (AvgIpc) is 3.62. The molecule has 0 saturated heterocycles. The number of guanidine groups is 1. The van der Waals surface area contributed by atoms with E-state index >= 15 is 0 Å². The Morgan fingerprint density at radius 3 is 2.55 bits per heavy atom. The van der Waals surface area contributed by atoms with E-state index in [0.29, 0.717) is 63.1 Å². The van der Waals surface area contributed by atoms with E-state index in [1.165, 1.54) is 6.07 Å². The van der Waals surface area contributed by atoms with E-state index in [0.717, 1.165) is 0 Å². The number of aromatic nitrogens is 2. The van der Waals surface area contributed by atoms with Crippen LogP contribution < -0.4 is 27.8 Å². The number of hydrogen-bond donors (Lipinski definition) is 8. The number of fused-ring (bicyclic) bond motifs is 2. The normalized spacial score (nSPS) is 13.6. The molecule has 1 atom stereocenters. The Labute approximate surface area is 215 Å². The van der Waals surface area contributed by atoms with Gasteiger partial charge in [-0.15, -0.1) is 0 Å². The second kappa shape index (κ2) is 9.61. The van der Waals surface area contributed by atoms with Gasteiger partial charge in [-0.2, -0.15) is 0 Å². The van der Waals surface area contributed by atoms with Gasteiger partial charge in [-0.3, -0.25) is 14.6 Å². The number of nitrogens with two attached hydrogens (primary N) is 3. The summed E-state index contributed by atoms with van der Waals surface area (Å²) in [6, 6.07) is 11.0. The number of amidine groups is 1. The summed E-state index contributed by atoms with van der Waals surface area (Å²) >= 11 is 0. The molecule has 0 fully saturated rings. The first-order valence-electron chi connectivity index (χ1n) is 11.7. The Bertz CT molecular complexity index is 1660. The number of H-pyrrole nitrogens is 2. The predicted octanol–water partition coefficient (Wildman–Crippen LogP) is 0.541. The molecule has 1 unspecified atom stereocenters. The van der Waals surface area contributed by atoms with Crippen LogP contribution in [0.25, 0.3) is 21.8 Å². The molecule has 38 heavy (non-hydrogen) atoms. The zero-order chi connectivity index (χ0) is 27.0. The number of aromatic carboxylic acids is 1.